The minimum atomic E-state index is 0.0818. The van der Waals surface area contributed by atoms with Crippen molar-refractivity contribution in [2.45, 2.75) is 13.0 Å². The predicted molar refractivity (Wildman–Crippen MR) is 80.5 cm³/mol. The van der Waals surface area contributed by atoms with Crippen LogP contribution in [0.1, 0.15) is 24.2 Å². The maximum absolute atomic E-state index is 4.54. The van der Waals surface area contributed by atoms with Crippen LogP contribution < -0.4 is 5.32 Å². The average molecular weight is 266 g/mol. The van der Waals surface area contributed by atoms with Crippen molar-refractivity contribution in [2.24, 2.45) is 7.05 Å². The van der Waals surface area contributed by atoms with Crippen LogP contribution in [0.5, 0.6) is 0 Å². The normalized spacial score (nSPS) is 12.7. The molecule has 1 aromatic carbocycles. The molecule has 102 valence electrons. The van der Waals surface area contributed by atoms with Crippen molar-refractivity contribution >= 4 is 10.9 Å². The summed E-state index contributed by atoms with van der Waals surface area (Å²) in [4.78, 5) is 4.54. The second-order valence-corrected chi connectivity index (χ2v) is 4.87. The van der Waals surface area contributed by atoms with Crippen molar-refractivity contribution in [1.82, 2.24) is 20.1 Å². The van der Waals surface area contributed by atoms with Gasteiger partial charge < -0.3 is 5.32 Å². The molecule has 2 aromatic heterocycles. The van der Waals surface area contributed by atoms with Crippen molar-refractivity contribution < 1.29 is 0 Å². The van der Waals surface area contributed by atoms with Gasteiger partial charge >= 0.3 is 0 Å². The van der Waals surface area contributed by atoms with Gasteiger partial charge in [-0.2, -0.15) is 5.10 Å². The zero-order valence-electron chi connectivity index (χ0n) is 11.7. The van der Waals surface area contributed by atoms with Gasteiger partial charge in [0.05, 0.1) is 17.3 Å². The molecule has 0 spiro atoms. The monoisotopic (exact) mass is 266 g/mol. The third-order valence-corrected chi connectivity index (χ3v) is 3.38. The van der Waals surface area contributed by atoms with Crippen LogP contribution in [0.3, 0.4) is 0 Å². The Hall–Kier alpha value is -2.20. The number of rotatable bonds is 4. The lowest BCUT2D eigenvalue weighted by atomic mass is 10.0. The van der Waals surface area contributed by atoms with Gasteiger partial charge in [0, 0.05) is 24.8 Å². The first-order valence-electron chi connectivity index (χ1n) is 6.85. The topological polar surface area (TPSA) is 42.7 Å². The van der Waals surface area contributed by atoms with E-state index in [-0.39, 0.29) is 6.04 Å². The molecule has 20 heavy (non-hydrogen) atoms. The minimum Gasteiger partial charge on any atom is -0.305 e. The van der Waals surface area contributed by atoms with E-state index >= 15 is 0 Å². The smallest absolute Gasteiger partial charge is 0.0839 e. The molecule has 0 aliphatic carbocycles. The Balaban J connectivity index is 2.04. The lowest BCUT2D eigenvalue weighted by molar-refractivity contribution is 0.599. The lowest BCUT2D eigenvalue weighted by Crippen LogP contribution is -2.22. The summed E-state index contributed by atoms with van der Waals surface area (Å²) >= 11 is 0. The van der Waals surface area contributed by atoms with Crippen LogP contribution in [-0.2, 0) is 7.05 Å². The number of hydrogen-bond donors (Lipinski definition) is 1. The van der Waals surface area contributed by atoms with Gasteiger partial charge in [0.1, 0.15) is 0 Å². The molecule has 3 aromatic rings. The molecule has 0 bridgehead atoms. The molecule has 0 aliphatic rings. The molecule has 0 radical (unpaired) electrons. The van der Waals surface area contributed by atoms with E-state index in [0.717, 1.165) is 28.7 Å². The fourth-order valence-corrected chi connectivity index (χ4v) is 2.43. The predicted octanol–water partition coefficient (Wildman–Crippen LogP) is 2.67. The summed E-state index contributed by atoms with van der Waals surface area (Å²) in [5.74, 6) is 0. The standard InChI is InChI=1S/C16H18N4/c1-3-17-16(15-8-9-20(2)19-15)13-10-12-6-4-5-7-14(12)18-11-13/h4-11,16-17H,3H2,1-2H3. The summed E-state index contributed by atoms with van der Waals surface area (Å²) < 4.78 is 1.83. The van der Waals surface area contributed by atoms with Crippen LogP contribution in [-0.4, -0.2) is 21.3 Å². The Morgan fingerprint density at radius 3 is 2.85 bits per heavy atom. The molecular formula is C16H18N4. The Morgan fingerprint density at radius 1 is 1.25 bits per heavy atom. The van der Waals surface area contributed by atoms with Crippen LogP contribution in [0, 0.1) is 0 Å². The fraction of sp³-hybridized carbons (Fsp3) is 0.250. The number of pyridine rings is 1. The van der Waals surface area contributed by atoms with Crippen LogP contribution >= 0.6 is 0 Å². The molecule has 0 saturated carbocycles. The van der Waals surface area contributed by atoms with Gasteiger partial charge in [0.15, 0.2) is 0 Å². The van der Waals surface area contributed by atoms with Crippen molar-refractivity contribution in [2.75, 3.05) is 6.54 Å². The van der Waals surface area contributed by atoms with E-state index in [0.29, 0.717) is 0 Å². The maximum Gasteiger partial charge on any atom is 0.0839 e. The van der Waals surface area contributed by atoms with Crippen LogP contribution in [0.2, 0.25) is 0 Å². The van der Waals surface area contributed by atoms with E-state index < -0.39 is 0 Å². The number of aromatic nitrogens is 3. The highest BCUT2D eigenvalue weighted by Crippen LogP contribution is 2.23. The molecule has 4 heteroatoms. The quantitative estimate of drug-likeness (QED) is 0.789. The Labute approximate surface area is 118 Å². The van der Waals surface area contributed by atoms with Crippen LogP contribution in [0.4, 0.5) is 0 Å². The third-order valence-electron chi connectivity index (χ3n) is 3.38. The van der Waals surface area contributed by atoms with E-state index in [1.807, 2.05) is 48.4 Å². The van der Waals surface area contributed by atoms with Gasteiger partial charge in [-0.1, -0.05) is 25.1 Å². The molecular weight excluding hydrogens is 248 g/mol. The average Bonchev–Trinajstić information content (AvgIpc) is 2.90. The molecule has 2 heterocycles. The lowest BCUT2D eigenvalue weighted by Gasteiger charge is -2.16. The summed E-state index contributed by atoms with van der Waals surface area (Å²) in [5, 5.41) is 9.15. The molecule has 0 aliphatic heterocycles. The molecule has 1 unspecified atom stereocenters. The summed E-state index contributed by atoms with van der Waals surface area (Å²) in [6.45, 7) is 2.98. The maximum atomic E-state index is 4.54. The molecule has 3 rings (SSSR count). The van der Waals surface area contributed by atoms with E-state index in [1.165, 1.54) is 0 Å². The fourth-order valence-electron chi connectivity index (χ4n) is 2.43. The highest BCUT2D eigenvalue weighted by molar-refractivity contribution is 5.78. The van der Waals surface area contributed by atoms with E-state index in [1.54, 1.807) is 0 Å². The molecule has 1 N–H and O–H groups in total. The zero-order chi connectivity index (χ0) is 13.9. The summed E-state index contributed by atoms with van der Waals surface area (Å²) in [6, 6.07) is 12.5. The van der Waals surface area contributed by atoms with Gasteiger partial charge in [0.2, 0.25) is 0 Å². The Bertz CT molecular complexity index is 717. The first-order chi connectivity index (χ1) is 9.78. The Kier molecular flexibility index (Phi) is 3.48. The van der Waals surface area contributed by atoms with E-state index in [4.69, 9.17) is 0 Å². The second kappa shape index (κ2) is 5.43. The SMILES string of the molecule is CCNC(c1cnc2ccccc2c1)c1ccn(C)n1. The molecule has 0 amide bonds. The number of benzene rings is 1. The minimum absolute atomic E-state index is 0.0818. The van der Waals surface area contributed by atoms with E-state index in [9.17, 15) is 0 Å². The summed E-state index contributed by atoms with van der Waals surface area (Å²) in [6.07, 6.45) is 3.90. The molecule has 1 atom stereocenters. The van der Waals surface area contributed by atoms with Crippen LogP contribution in [0.25, 0.3) is 10.9 Å². The number of nitrogens with zero attached hydrogens (tertiary/aromatic N) is 3. The first kappa shape index (κ1) is 12.8. The highest BCUT2D eigenvalue weighted by atomic mass is 15.3. The second-order valence-electron chi connectivity index (χ2n) is 4.87. The van der Waals surface area contributed by atoms with Gasteiger partial charge in [0.25, 0.3) is 0 Å². The number of fused-ring (bicyclic) bond motifs is 1. The van der Waals surface area contributed by atoms with Crippen LogP contribution in [0.15, 0.2) is 48.8 Å². The summed E-state index contributed by atoms with van der Waals surface area (Å²) in [5.41, 5.74) is 3.18. The number of aryl methyl sites for hydroxylation is 1. The number of para-hydroxylation sites is 1. The largest absolute Gasteiger partial charge is 0.305 e. The summed E-state index contributed by atoms with van der Waals surface area (Å²) in [7, 11) is 1.94. The van der Waals surface area contributed by atoms with Crippen molar-refractivity contribution in [3.63, 3.8) is 0 Å². The van der Waals surface area contributed by atoms with Gasteiger partial charge in [-0.3, -0.25) is 9.67 Å². The van der Waals surface area contributed by atoms with Gasteiger partial charge in [-0.15, -0.1) is 0 Å². The van der Waals surface area contributed by atoms with Crippen molar-refractivity contribution in [3.05, 3.63) is 60.0 Å². The number of nitrogens with one attached hydrogen (secondary N) is 1. The third kappa shape index (κ3) is 2.42. The zero-order valence-corrected chi connectivity index (χ0v) is 11.7. The molecule has 0 fully saturated rings. The highest BCUT2D eigenvalue weighted by Gasteiger charge is 2.16. The van der Waals surface area contributed by atoms with Gasteiger partial charge in [-0.25, -0.2) is 0 Å². The van der Waals surface area contributed by atoms with Crippen molar-refractivity contribution in [1.29, 1.82) is 0 Å². The van der Waals surface area contributed by atoms with Crippen molar-refractivity contribution in [3.8, 4) is 0 Å². The Morgan fingerprint density at radius 2 is 2.10 bits per heavy atom. The number of hydrogen-bond acceptors (Lipinski definition) is 3. The molecule has 4 nitrogen and oxygen atoms in total. The first-order valence-corrected chi connectivity index (χ1v) is 6.85. The van der Waals surface area contributed by atoms with Gasteiger partial charge in [-0.05, 0) is 30.3 Å². The molecule has 0 saturated heterocycles. The van der Waals surface area contributed by atoms with E-state index in [2.05, 4.69) is 34.5 Å².